The lowest BCUT2D eigenvalue weighted by atomic mass is 9.86. The average Bonchev–Trinajstić information content (AvgIpc) is 2.86. The first-order valence-electron chi connectivity index (χ1n) is 12.6. The van der Waals surface area contributed by atoms with Gasteiger partial charge in [-0.1, -0.05) is 111 Å². The third kappa shape index (κ3) is 7.16. The maximum atomic E-state index is 12.7. The lowest BCUT2D eigenvalue weighted by Gasteiger charge is -2.30. The molecule has 0 spiro atoms. The molecule has 1 heterocycles. The van der Waals surface area contributed by atoms with Crippen LogP contribution in [0.3, 0.4) is 0 Å². The molecule has 2 nitrogen and oxygen atoms in total. The van der Waals surface area contributed by atoms with E-state index in [4.69, 9.17) is 0 Å². The van der Waals surface area contributed by atoms with Crippen molar-refractivity contribution in [3.05, 3.63) is 113 Å². The van der Waals surface area contributed by atoms with E-state index < -0.39 is 0 Å². The Balaban J connectivity index is 0.00000342. The summed E-state index contributed by atoms with van der Waals surface area (Å²) in [5.41, 5.74) is 7.78. The number of likely N-dealkylation sites (tertiary alicyclic amines) is 1. The van der Waals surface area contributed by atoms with E-state index in [1.807, 2.05) is 12.1 Å². The number of hydrogen-bond donors (Lipinski definition) is 0. The summed E-state index contributed by atoms with van der Waals surface area (Å²) in [4.78, 5) is 15.2. The van der Waals surface area contributed by atoms with Crippen molar-refractivity contribution in [1.29, 1.82) is 0 Å². The molecule has 0 N–H and O–H groups in total. The minimum Gasteiger partial charge on any atom is -0.303 e. The molecule has 3 aromatic rings. The molecule has 1 fully saturated rings. The van der Waals surface area contributed by atoms with E-state index in [2.05, 4.69) is 98.5 Å². The van der Waals surface area contributed by atoms with Crippen LogP contribution in [0.15, 0.2) is 90.5 Å². The zero-order chi connectivity index (χ0) is 24.0. The smallest absolute Gasteiger partial charge is 0.162 e. The largest absolute Gasteiger partial charge is 0.303 e. The molecule has 184 valence electrons. The van der Waals surface area contributed by atoms with E-state index in [9.17, 15) is 4.79 Å². The van der Waals surface area contributed by atoms with E-state index >= 15 is 0 Å². The maximum Gasteiger partial charge on any atom is 0.162 e. The van der Waals surface area contributed by atoms with Crippen molar-refractivity contribution < 1.29 is 4.79 Å². The fourth-order valence-corrected chi connectivity index (χ4v) is 4.84. The second-order valence-electron chi connectivity index (χ2n) is 10.4. The first-order valence-corrected chi connectivity index (χ1v) is 12.6. The van der Waals surface area contributed by atoms with Crippen molar-refractivity contribution in [3.8, 4) is 0 Å². The van der Waals surface area contributed by atoms with Gasteiger partial charge in [-0.25, -0.2) is 0 Å². The highest BCUT2D eigenvalue weighted by Gasteiger charge is 2.19. The molecule has 3 aromatic carbocycles. The number of carbonyl (C=O) groups is 1. The van der Waals surface area contributed by atoms with E-state index in [1.165, 1.54) is 22.3 Å². The molecule has 0 radical (unpaired) electrons. The number of carbonyl (C=O) groups excluding carboxylic acids is 1. The Morgan fingerprint density at radius 2 is 1.26 bits per heavy atom. The first kappa shape index (κ1) is 26.9. The van der Waals surface area contributed by atoms with Gasteiger partial charge in [0.1, 0.15) is 0 Å². The molecule has 1 aliphatic rings. The van der Waals surface area contributed by atoms with Gasteiger partial charge in [-0.3, -0.25) is 4.79 Å². The van der Waals surface area contributed by atoms with Crippen LogP contribution < -0.4 is 0 Å². The topological polar surface area (TPSA) is 20.3 Å². The fourth-order valence-electron chi connectivity index (χ4n) is 4.84. The summed E-state index contributed by atoms with van der Waals surface area (Å²) in [6.45, 7) is 9.72. The molecule has 0 aliphatic carbocycles. The van der Waals surface area contributed by atoms with Crippen LogP contribution in [0.1, 0.15) is 73.5 Å². The van der Waals surface area contributed by atoms with Gasteiger partial charge in [0.25, 0.3) is 0 Å². The summed E-state index contributed by atoms with van der Waals surface area (Å²) in [7, 11) is 0. The number of rotatable bonds is 7. The van der Waals surface area contributed by atoms with Crippen molar-refractivity contribution >= 4 is 23.8 Å². The number of hydrogen-bond acceptors (Lipinski definition) is 2. The second-order valence-corrected chi connectivity index (χ2v) is 10.4. The molecular formula is C32H38ClNO. The normalized spacial score (nSPS) is 14.3. The monoisotopic (exact) mass is 487 g/mol. The second kappa shape index (κ2) is 12.3. The van der Waals surface area contributed by atoms with E-state index in [0.717, 1.165) is 44.5 Å². The van der Waals surface area contributed by atoms with Gasteiger partial charge >= 0.3 is 0 Å². The Labute approximate surface area is 217 Å². The fraction of sp³-hybridized carbons (Fsp3) is 0.344. The number of ketones is 1. The van der Waals surface area contributed by atoms with Gasteiger partial charge in [-0.15, -0.1) is 12.4 Å². The number of piperidine rings is 1. The molecule has 3 heteroatoms. The molecule has 0 atom stereocenters. The summed E-state index contributed by atoms with van der Waals surface area (Å²) in [5, 5.41) is 0. The van der Waals surface area contributed by atoms with Gasteiger partial charge in [-0.05, 0) is 53.5 Å². The number of Topliss-reactive ketones (excluding diaryl/α,β-unsaturated/α-hetero) is 1. The average molecular weight is 488 g/mol. The highest BCUT2D eigenvalue weighted by molar-refractivity contribution is 5.96. The molecule has 4 rings (SSSR count). The van der Waals surface area contributed by atoms with Crippen LogP contribution in [-0.2, 0) is 5.41 Å². The lowest BCUT2D eigenvalue weighted by molar-refractivity contribution is 0.0974. The van der Waals surface area contributed by atoms with Gasteiger partial charge in [0.05, 0.1) is 0 Å². The maximum absolute atomic E-state index is 12.7. The summed E-state index contributed by atoms with van der Waals surface area (Å²) in [6.07, 6.45) is 3.71. The van der Waals surface area contributed by atoms with Gasteiger partial charge in [0, 0.05) is 25.1 Å². The van der Waals surface area contributed by atoms with Crippen LogP contribution in [0.2, 0.25) is 0 Å². The zero-order valence-electron chi connectivity index (χ0n) is 21.3. The molecule has 0 saturated carbocycles. The SMILES string of the molecule is CC(C)(C)c1ccc(C(=O)CCCN2CCC(=C(c3ccccc3)c3ccccc3)CC2)cc1.Cl. The number of benzene rings is 3. The third-order valence-corrected chi connectivity index (χ3v) is 6.89. The molecule has 35 heavy (non-hydrogen) atoms. The standard InChI is InChI=1S/C32H37NO.ClH/c1-32(2,3)29-18-16-25(17-19-29)30(34)15-10-22-33-23-20-28(21-24-33)31(26-11-6-4-7-12-26)27-13-8-5-9-14-27;/h4-9,11-14,16-19H,10,15,20-24H2,1-3H3;1H. The molecule has 0 bridgehead atoms. The Bertz CT molecular complexity index is 1060. The minimum atomic E-state index is 0. The van der Waals surface area contributed by atoms with Crippen molar-refractivity contribution in [2.24, 2.45) is 0 Å². The Morgan fingerprint density at radius 3 is 1.74 bits per heavy atom. The van der Waals surface area contributed by atoms with Gasteiger partial charge in [0.2, 0.25) is 0 Å². The van der Waals surface area contributed by atoms with E-state index in [0.29, 0.717) is 6.42 Å². The van der Waals surface area contributed by atoms with Gasteiger partial charge in [-0.2, -0.15) is 0 Å². The van der Waals surface area contributed by atoms with Gasteiger partial charge in [0.15, 0.2) is 5.78 Å². The van der Waals surface area contributed by atoms with Crippen LogP contribution in [0.4, 0.5) is 0 Å². The van der Waals surface area contributed by atoms with Crippen LogP contribution in [0.5, 0.6) is 0 Å². The summed E-state index contributed by atoms with van der Waals surface area (Å²) in [6, 6.07) is 29.8. The van der Waals surface area contributed by atoms with Gasteiger partial charge < -0.3 is 4.90 Å². The summed E-state index contributed by atoms with van der Waals surface area (Å²) < 4.78 is 0. The Morgan fingerprint density at radius 1 is 0.743 bits per heavy atom. The summed E-state index contributed by atoms with van der Waals surface area (Å²) in [5.74, 6) is 0.258. The molecule has 0 amide bonds. The van der Waals surface area contributed by atoms with Crippen molar-refractivity contribution in [2.75, 3.05) is 19.6 Å². The van der Waals surface area contributed by atoms with E-state index in [-0.39, 0.29) is 23.6 Å². The molecule has 1 saturated heterocycles. The highest BCUT2D eigenvalue weighted by atomic mass is 35.5. The number of halogens is 1. The Hall–Kier alpha value is -2.68. The molecule has 0 aromatic heterocycles. The molecular weight excluding hydrogens is 450 g/mol. The minimum absolute atomic E-state index is 0. The quantitative estimate of drug-likeness (QED) is 0.315. The van der Waals surface area contributed by atoms with Crippen LogP contribution in [0.25, 0.3) is 5.57 Å². The highest BCUT2D eigenvalue weighted by Crippen LogP contribution is 2.32. The third-order valence-electron chi connectivity index (χ3n) is 6.89. The lowest BCUT2D eigenvalue weighted by Crippen LogP contribution is -2.32. The first-order chi connectivity index (χ1) is 16.4. The van der Waals surface area contributed by atoms with Crippen LogP contribution >= 0.6 is 12.4 Å². The zero-order valence-corrected chi connectivity index (χ0v) is 22.1. The van der Waals surface area contributed by atoms with Crippen molar-refractivity contribution in [1.82, 2.24) is 4.90 Å². The van der Waals surface area contributed by atoms with E-state index in [1.54, 1.807) is 5.57 Å². The van der Waals surface area contributed by atoms with Crippen molar-refractivity contribution in [2.45, 2.75) is 51.9 Å². The summed E-state index contributed by atoms with van der Waals surface area (Å²) >= 11 is 0. The molecule has 0 unspecified atom stereocenters. The predicted octanol–water partition coefficient (Wildman–Crippen LogP) is 7.97. The van der Waals surface area contributed by atoms with Crippen LogP contribution in [-0.4, -0.2) is 30.3 Å². The molecule has 1 aliphatic heterocycles. The predicted molar refractivity (Wildman–Crippen MR) is 151 cm³/mol. The number of nitrogens with zero attached hydrogens (tertiary/aromatic N) is 1. The van der Waals surface area contributed by atoms with Crippen LogP contribution in [0, 0.1) is 0 Å². The Kier molecular flexibility index (Phi) is 9.48. The van der Waals surface area contributed by atoms with Crippen molar-refractivity contribution in [3.63, 3.8) is 0 Å².